The van der Waals surface area contributed by atoms with E-state index in [1.54, 1.807) is 24.3 Å². The van der Waals surface area contributed by atoms with E-state index in [-0.39, 0.29) is 24.8 Å². The summed E-state index contributed by atoms with van der Waals surface area (Å²) >= 11 is -3.06. The van der Waals surface area contributed by atoms with E-state index in [9.17, 15) is 26.3 Å². The molecule has 0 aromatic heterocycles. The monoisotopic (exact) mass is 790 g/mol. The zero-order chi connectivity index (χ0) is 33.1. The van der Waals surface area contributed by atoms with Crippen LogP contribution in [0.4, 0.5) is 26.3 Å². The van der Waals surface area contributed by atoms with Crippen LogP contribution >= 0.6 is 0 Å². The van der Waals surface area contributed by atoms with E-state index in [4.69, 9.17) is 0 Å². The molecule has 0 saturated carbocycles. The number of benzene rings is 4. The van der Waals surface area contributed by atoms with Crippen LogP contribution in [0.2, 0.25) is 8.26 Å². The fourth-order valence-electron chi connectivity index (χ4n) is 8.37. The molecule has 256 valence electrons. The van der Waals surface area contributed by atoms with Crippen LogP contribution in [0.25, 0.3) is 34.4 Å². The first-order valence-electron chi connectivity index (χ1n) is 16.5. The van der Waals surface area contributed by atoms with Crippen LogP contribution in [0, 0.1) is 0 Å². The van der Waals surface area contributed by atoms with Gasteiger partial charge in [-0.2, -0.15) is 0 Å². The predicted octanol–water partition coefficient (Wildman–Crippen LogP) is 7.25. The van der Waals surface area contributed by atoms with Crippen LogP contribution in [0.15, 0.2) is 96.1 Å². The minimum absolute atomic E-state index is 0. The van der Waals surface area contributed by atoms with Crippen molar-refractivity contribution in [1.29, 1.82) is 0 Å². The van der Waals surface area contributed by atoms with E-state index < -0.39 is 43.7 Å². The Morgan fingerprint density at radius 2 is 0.918 bits per heavy atom. The van der Waals surface area contributed by atoms with Gasteiger partial charge in [-0.15, -0.1) is 0 Å². The largest absolute Gasteiger partial charge is 1.00 e. The van der Waals surface area contributed by atoms with Crippen LogP contribution in [0.5, 0.6) is 0 Å². The summed E-state index contributed by atoms with van der Waals surface area (Å²) < 4.78 is 83.3. The summed E-state index contributed by atoms with van der Waals surface area (Å²) in [6.45, 7) is 4.41. The molecule has 1 aliphatic heterocycles. The smallest absolute Gasteiger partial charge is 1.00 e. The standard InChI is InChI=1S/2C19H16F3.C2H4.2ClH.Zr/c2*1-2-4-13-11-15-5-3-6-17(18(15)12-13)14-7-9-16(10-8-14)19(20,21)22;1-2;;;/h2*3,5-12H,2,4H2,1H3;1-2H2;2*1H;/q;;;;;+2/p-2. The zero-order valence-corrected chi connectivity index (χ0v) is 31.1. The van der Waals surface area contributed by atoms with E-state index in [0.717, 1.165) is 59.1 Å². The number of rotatable bonds is 8. The Morgan fingerprint density at radius 3 is 1.22 bits per heavy atom. The molecule has 3 aliphatic rings. The van der Waals surface area contributed by atoms with Gasteiger partial charge in [0.25, 0.3) is 0 Å². The molecule has 9 heteroatoms. The van der Waals surface area contributed by atoms with Crippen molar-refractivity contribution < 1.29 is 71.4 Å². The third kappa shape index (κ3) is 6.77. The van der Waals surface area contributed by atoms with Gasteiger partial charge in [-0.3, -0.25) is 0 Å². The summed E-state index contributed by atoms with van der Waals surface area (Å²) in [4.78, 5) is 0. The van der Waals surface area contributed by atoms with Gasteiger partial charge in [0.15, 0.2) is 0 Å². The van der Waals surface area contributed by atoms with Crippen molar-refractivity contribution in [3.05, 3.63) is 129 Å². The van der Waals surface area contributed by atoms with Crippen LogP contribution in [0.3, 0.4) is 0 Å². The van der Waals surface area contributed by atoms with E-state index in [0.29, 0.717) is 7.25 Å². The van der Waals surface area contributed by atoms with Crippen molar-refractivity contribution in [3.63, 3.8) is 0 Å². The van der Waals surface area contributed by atoms with Crippen molar-refractivity contribution in [2.45, 2.75) is 67.4 Å². The van der Waals surface area contributed by atoms with Gasteiger partial charge in [0.05, 0.1) is 0 Å². The molecule has 0 N–H and O–H groups in total. The molecule has 7 rings (SSSR count). The number of halogens is 8. The second-order valence-corrected chi connectivity index (χ2v) is 24.7. The summed E-state index contributed by atoms with van der Waals surface area (Å²) in [5.74, 6) is 0. The Kier molecular flexibility index (Phi) is 10.9. The first-order chi connectivity index (χ1) is 22.5. The second kappa shape index (κ2) is 14.2. The topological polar surface area (TPSA) is 0 Å². The summed E-state index contributed by atoms with van der Waals surface area (Å²) in [5, 5.41) is 0. The average molecular weight is 793 g/mol. The summed E-state index contributed by atoms with van der Waals surface area (Å²) in [6, 6.07) is 23.7. The molecule has 4 aromatic rings. The second-order valence-electron chi connectivity index (χ2n) is 13.3. The summed E-state index contributed by atoms with van der Waals surface area (Å²) in [5.41, 5.74) is 10.2. The van der Waals surface area contributed by atoms with Crippen LogP contribution in [-0.4, -0.2) is 0 Å². The normalized spacial score (nSPS) is 18.2. The Bertz CT molecular complexity index is 1750. The number of hydrogen-bond donors (Lipinski definition) is 0. The number of alkyl halides is 6. The maximum Gasteiger partial charge on any atom is -1.00 e. The zero-order valence-electron chi connectivity index (χ0n) is 27.2. The quantitative estimate of drug-likeness (QED) is 0.165. The molecule has 2 atom stereocenters. The van der Waals surface area contributed by atoms with Gasteiger partial charge in [-0.25, -0.2) is 0 Å². The van der Waals surface area contributed by atoms with Crippen molar-refractivity contribution in [1.82, 2.24) is 0 Å². The number of fused-ring (bicyclic) bond motifs is 2. The molecule has 2 aliphatic carbocycles. The predicted molar refractivity (Wildman–Crippen MR) is 175 cm³/mol. The van der Waals surface area contributed by atoms with E-state index in [1.165, 1.54) is 54.8 Å². The van der Waals surface area contributed by atoms with E-state index in [2.05, 4.69) is 50.3 Å². The molecule has 0 bridgehead atoms. The minimum atomic E-state index is -4.38. The van der Waals surface area contributed by atoms with Crippen molar-refractivity contribution in [2.75, 3.05) is 0 Å². The fraction of sp³-hybridized carbons (Fsp3) is 0.300. The van der Waals surface area contributed by atoms with Gasteiger partial charge in [0, 0.05) is 0 Å². The Morgan fingerprint density at radius 1 is 0.551 bits per heavy atom. The number of hydrogen-bond acceptors (Lipinski definition) is 0. The van der Waals surface area contributed by atoms with Crippen LogP contribution in [-0.2, 0) is 32.6 Å². The Labute approximate surface area is 300 Å². The van der Waals surface area contributed by atoms with Crippen LogP contribution in [0.1, 0.15) is 80.2 Å². The first kappa shape index (κ1) is 37.7. The maximum atomic E-state index is 13.3. The van der Waals surface area contributed by atoms with Crippen molar-refractivity contribution >= 4 is 12.2 Å². The maximum absolute atomic E-state index is 13.3. The van der Waals surface area contributed by atoms with Gasteiger partial charge in [-0.05, 0) is 0 Å². The molecule has 0 radical (unpaired) electrons. The third-order valence-corrected chi connectivity index (χ3v) is 23.5. The van der Waals surface area contributed by atoms with Gasteiger partial charge in [0.2, 0.25) is 0 Å². The fourth-order valence-corrected chi connectivity index (χ4v) is 26.0. The van der Waals surface area contributed by atoms with E-state index >= 15 is 0 Å². The minimum Gasteiger partial charge on any atom is -1.00 e. The van der Waals surface area contributed by atoms with Crippen LogP contribution < -0.4 is 24.8 Å². The molecule has 0 spiro atoms. The SMILES string of the molecule is CCCC1=Cc2c(-c3ccc(C(F)(F)F)cc3)cccc2[CH]1[Zr+2]1([CH]2C(CCC)=Cc3c(-c4ccc(C(F)(F)F)cc4)cccc32)[CH2][CH2]1.[Cl-].[Cl-]. The first-order valence-corrected chi connectivity index (χ1v) is 22.8. The molecule has 1 saturated heterocycles. The number of allylic oxidation sites excluding steroid dienone is 2. The summed E-state index contributed by atoms with van der Waals surface area (Å²) in [6.07, 6.45) is -0.0368. The Hall–Kier alpha value is -2.60. The van der Waals surface area contributed by atoms with Gasteiger partial charge in [0.1, 0.15) is 0 Å². The average Bonchev–Trinajstić information content (AvgIpc) is 3.59. The molecule has 49 heavy (non-hydrogen) atoms. The molecule has 4 aromatic carbocycles. The molecule has 2 unspecified atom stereocenters. The van der Waals surface area contributed by atoms with Gasteiger partial charge in [-0.1, -0.05) is 0 Å². The van der Waals surface area contributed by atoms with Gasteiger partial charge < -0.3 is 24.8 Å². The molecule has 0 nitrogen and oxygen atoms in total. The molecular weight excluding hydrogens is 757 g/mol. The van der Waals surface area contributed by atoms with Crippen molar-refractivity contribution in [2.24, 2.45) is 0 Å². The molecule has 0 amide bonds. The third-order valence-electron chi connectivity index (χ3n) is 10.4. The summed E-state index contributed by atoms with van der Waals surface area (Å²) in [7, 11) is 0. The molecule has 1 heterocycles. The molecular formula is C40H36Cl2F6Zr. The van der Waals surface area contributed by atoms with Crippen molar-refractivity contribution in [3.8, 4) is 22.3 Å². The van der Waals surface area contributed by atoms with Gasteiger partial charge >= 0.3 is 278 Å². The Balaban J connectivity index is 0.00000234. The molecule has 1 fully saturated rings. The van der Waals surface area contributed by atoms with E-state index in [1.807, 2.05) is 12.1 Å².